The van der Waals surface area contributed by atoms with Gasteiger partial charge in [0.15, 0.2) is 0 Å². The van der Waals surface area contributed by atoms with Crippen molar-refractivity contribution >= 4 is 33.2 Å². The summed E-state index contributed by atoms with van der Waals surface area (Å²) in [6.45, 7) is 5.47. The third-order valence-electron chi connectivity index (χ3n) is 10.3. The van der Waals surface area contributed by atoms with Crippen LogP contribution >= 0.6 is 11.6 Å². The van der Waals surface area contributed by atoms with Crippen molar-refractivity contribution in [2.24, 2.45) is 17.8 Å². The van der Waals surface area contributed by atoms with Crippen LogP contribution in [0.1, 0.15) is 67.4 Å². The standard InChI is InChI=1S/C34H43ClN2O6S/c1-21(2)32-31(42-3)8-4-7-29(38)26-12-9-24(26)18-37-19-34(15-5-6-22-16-25(35)11-13-27(22)34)20-43-30-14-10-23(17-28(30)37)33(39)36-44(32,40)41/h4,7,10-11,13-14,16-17,21,24,26,29,31-32,38H,5-6,8-9,12,15,18-20H2,1-3H3,(H,36,39)/b7-4-/t24-,26+,29-,31-,32-,34-/m0/s1. The zero-order chi connectivity index (χ0) is 31.2. The van der Waals surface area contributed by atoms with Gasteiger partial charge in [-0.25, -0.2) is 13.1 Å². The van der Waals surface area contributed by atoms with E-state index in [1.807, 2.05) is 12.1 Å². The van der Waals surface area contributed by atoms with Crippen LogP contribution in [0.3, 0.4) is 0 Å². The number of rotatable bonds is 2. The number of amides is 1. The molecule has 2 aromatic carbocycles. The lowest BCUT2D eigenvalue weighted by Crippen LogP contribution is -2.49. The molecule has 2 N–H and O–H groups in total. The number of carbonyl (C=O) groups excluding carboxylic acids is 1. The van der Waals surface area contributed by atoms with Crippen LogP contribution in [0.5, 0.6) is 5.75 Å². The molecule has 1 fully saturated rings. The lowest BCUT2D eigenvalue weighted by atomic mass is 9.68. The van der Waals surface area contributed by atoms with E-state index in [0.717, 1.165) is 42.8 Å². The van der Waals surface area contributed by atoms with Gasteiger partial charge in [0.05, 0.1) is 24.5 Å². The molecule has 1 spiro atoms. The quantitative estimate of drug-likeness (QED) is 0.431. The highest BCUT2D eigenvalue weighted by Gasteiger charge is 2.44. The van der Waals surface area contributed by atoms with Crippen LogP contribution in [0, 0.1) is 17.8 Å². The predicted octanol–water partition coefficient (Wildman–Crippen LogP) is 5.26. The maximum Gasteiger partial charge on any atom is 0.264 e. The minimum absolute atomic E-state index is 0.0808. The number of fused-ring (bicyclic) bond motifs is 4. The number of hydrogen-bond donors (Lipinski definition) is 2. The summed E-state index contributed by atoms with van der Waals surface area (Å²) >= 11 is 6.40. The second-order valence-electron chi connectivity index (χ2n) is 13.4. The molecular weight excluding hydrogens is 600 g/mol. The Bertz CT molecular complexity index is 1540. The highest BCUT2D eigenvalue weighted by Crippen LogP contribution is 2.46. The SMILES string of the molecule is CO[C@H]1C/C=C\[C@H](O)[C@@H]2CC[C@H]2CN2C[C@@]3(CCCc4cc(Cl)ccc43)COc3ccc(cc32)C(=O)NS(=O)(=O)[C@H]1C(C)C. The first-order valence-electron chi connectivity index (χ1n) is 15.8. The maximum atomic E-state index is 13.6. The fourth-order valence-electron chi connectivity index (χ4n) is 7.91. The summed E-state index contributed by atoms with van der Waals surface area (Å²) in [6, 6.07) is 11.3. The number of halogens is 1. The predicted molar refractivity (Wildman–Crippen MR) is 172 cm³/mol. The van der Waals surface area contributed by atoms with E-state index in [2.05, 4.69) is 21.8 Å². The molecule has 2 aromatic rings. The Hall–Kier alpha value is -2.59. The summed E-state index contributed by atoms with van der Waals surface area (Å²) in [5, 5.41) is 11.0. The van der Waals surface area contributed by atoms with Gasteiger partial charge >= 0.3 is 0 Å². The van der Waals surface area contributed by atoms with Crippen LogP contribution in [0.15, 0.2) is 48.6 Å². The molecule has 6 rings (SSSR count). The van der Waals surface area contributed by atoms with Gasteiger partial charge in [0.1, 0.15) is 11.0 Å². The highest BCUT2D eigenvalue weighted by atomic mass is 35.5. The Kier molecular flexibility index (Phi) is 8.78. The number of aliphatic hydroxyl groups excluding tert-OH is 1. The normalized spacial score (nSPS) is 32.5. The fraction of sp³-hybridized carbons (Fsp3) is 0.559. The van der Waals surface area contributed by atoms with Gasteiger partial charge in [0.25, 0.3) is 5.91 Å². The fourth-order valence-corrected chi connectivity index (χ4v) is 9.96. The highest BCUT2D eigenvalue weighted by molar-refractivity contribution is 7.90. The third-order valence-corrected chi connectivity index (χ3v) is 12.6. The van der Waals surface area contributed by atoms with Gasteiger partial charge in [0, 0.05) is 36.2 Å². The first-order valence-corrected chi connectivity index (χ1v) is 17.7. The zero-order valence-corrected chi connectivity index (χ0v) is 27.2. The number of benzene rings is 2. The molecule has 4 aliphatic rings. The van der Waals surface area contributed by atoms with Crippen LogP contribution in [-0.2, 0) is 26.6 Å². The number of aryl methyl sites for hydroxylation is 1. The lowest BCUT2D eigenvalue weighted by Gasteiger charge is -2.45. The van der Waals surface area contributed by atoms with E-state index in [4.69, 9.17) is 21.1 Å². The van der Waals surface area contributed by atoms with Gasteiger partial charge in [-0.15, -0.1) is 0 Å². The Morgan fingerprint density at radius 3 is 2.73 bits per heavy atom. The first-order chi connectivity index (χ1) is 21.0. The molecule has 10 heteroatoms. The minimum atomic E-state index is -4.11. The number of nitrogens with zero attached hydrogens (tertiary/aromatic N) is 1. The summed E-state index contributed by atoms with van der Waals surface area (Å²) in [6.07, 6.45) is 7.43. The Labute approximate surface area is 265 Å². The van der Waals surface area contributed by atoms with E-state index in [9.17, 15) is 18.3 Å². The average molecular weight is 643 g/mol. The number of carbonyl (C=O) groups is 1. The van der Waals surface area contributed by atoms with Crippen molar-refractivity contribution in [2.45, 2.75) is 75.2 Å². The summed E-state index contributed by atoms with van der Waals surface area (Å²) < 4.78 is 41.8. The molecule has 0 radical (unpaired) electrons. The van der Waals surface area contributed by atoms with Crippen molar-refractivity contribution < 1.29 is 27.8 Å². The Balaban J connectivity index is 1.43. The zero-order valence-electron chi connectivity index (χ0n) is 25.7. The number of aliphatic hydroxyl groups is 1. The number of ether oxygens (including phenoxy) is 2. The van der Waals surface area contributed by atoms with Gasteiger partial charge in [-0.1, -0.05) is 43.7 Å². The monoisotopic (exact) mass is 642 g/mol. The van der Waals surface area contributed by atoms with E-state index >= 15 is 0 Å². The molecule has 2 aliphatic carbocycles. The molecule has 8 nitrogen and oxygen atoms in total. The van der Waals surface area contributed by atoms with E-state index in [1.165, 1.54) is 18.2 Å². The number of sulfonamides is 1. The molecule has 238 valence electrons. The molecule has 0 saturated heterocycles. The average Bonchev–Trinajstić information content (AvgIpc) is 3.10. The summed E-state index contributed by atoms with van der Waals surface area (Å²) in [4.78, 5) is 15.9. The van der Waals surface area contributed by atoms with E-state index < -0.39 is 33.4 Å². The van der Waals surface area contributed by atoms with Crippen LogP contribution in [0.25, 0.3) is 0 Å². The van der Waals surface area contributed by atoms with Crippen molar-refractivity contribution in [3.05, 3.63) is 70.3 Å². The van der Waals surface area contributed by atoms with E-state index in [1.54, 1.807) is 38.1 Å². The number of methoxy groups -OCH3 is 1. The van der Waals surface area contributed by atoms with E-state index in [-0.39, 0.29) is 28.7 Å². The Morgan fingerprint density at radius 1 is 1.18 bits per heavy atom. The number of hydrogen-bond acceptors (Lipinski definition) is 7. The molecule has 2 bridgehead atoms. The van der Waals surface area contributed by atoms with Gasteiger partial charge in [0.2, 0.25) is 10.0 Å². The van der Waals surface area contributed by atoms with Gasteiger partial charge in [-0.2, -0.15) is 0 Å². The van der Waals surface area contributed by atoms with Crippen molar-refractivity contribution in [3.63, 3.8) is 0 Å². The van der Waals surface area contributed by atoms with Crippen molar-refractivity contribution in [1.29, 1.82) is 0 Å². The molecule has 0 unspecified atom stereocenters. The lowest BCUT2D eigenvalue weighted by molar-refractivity contribution is 0.0450. The summed E-state index contributed by atoms with van der Waals surface area (Å²) in [5.41, 5.74) is 3.24. The minimum Gasteiger partial charge on any atom is -0.490 e. The molecule has 2 aliphatic heterocycles. The molecule has 6 atom stereocenters. The van der Waals surface area contributed by atoms with Crippen LogP contribution in [0.4, 0.5) is 5.69 Å². The van der Waals surface area contributed by atoms with Crippen LogP contribution in [0.2, 0.25) is 5.02 Å². The number of nitrogens with one attached hydrogen (secondary N) is 1. The maximum absolute atomic E-state index is 13.6. The molecule has 0 aromatic heterocycles. The van der Waals surface area contributed by atoms with Crippen LogP contribution in [-0.4, -0.2) is 63.7 Å². The Morgan fingerprint density at radius 2 is 2.00 bits per heavy atom. The van der Waals surface area contributed by atoms with Crippen LogP contribution < -0.4 is 14.4 Å². The topological polar surface area (TPSA) is 105 Å². The van der Waals surface area contributed by atoms with Crippen molar-refractivity contribution in [3.8, 4) is 5.75 Å². The van der Waals surface area contributed by atoms with Gasteiger partial charge in [-0.3, -0.25) is 4.79 Å². The molecule has 1 amide bonds. The third kappa shape index (κ3) is 5.88. The van der Waals surface area contributed by atoms with Gasteiger partial charge < -0.3 is 19.5 Å². The van der Waals surface area contributed by atoms with Crippen molar-refractivity contribution in [2.75, 3.05) is 31.7 Å². The number of anilines is 1. The van der Waals surface area contributed by atoms with E-state index in [0.29, 0.717) is 31.9 Å². The molecule has 2 heterocycles. The van der Waals surface area contributed by atoms with Gasteiger partial charge in [-0.05, 0) is 97.7 Å². The van der Waals surface area contributed by atoms with Crippen molar-refractivity contribution in [1.82, 2.24) is 4.72 Å². The molecule has 44 heavy (non-hydrogen) atoms. The second kappa shape index (κ2) is 12.3. The first kappa shape index (κ1) is 31.4. The summed E-state index contributed by atoms with van der Waals surface area (Å²) in [7, 11) is -2.63. The molecular formula is C34H43ClN2O6S. The largest absolute Gasteiger partial charge is 0.490 e. The summed E-state index contributed by atoms with van der Waals surface area (Å²) in [5.74, 6) is -0.00166. The second-order valence-corrected chi connectivity index (χ2v) is 15.7. The molecule has 1 saturated carbocycles. The smallest absolute Gasteiger partial charge is 0.264 e.